The first-order valence-electron chi connectivity index (χ1n) is 5.94. The Hall–Kier alpha value is -0.250. The molecule has 2 nitrogen and oxygen atoms in total. The van der Waals surface area contributed by atoms with Crippen molar-refractivity contribution in [3.8, 4) is 0 Å². The van der Waals surface area contributed by atoms with Crippen molar-refractivity contribution in [1.82, 2.24) is 0 Å². The molecule has 94 valence electrons. The lowest BCUT2D eigenvalue weighted by molar-refractivity contribution is 0.00298. The van der Waals surface area contributed by atoms with Crippen molar-refractivity contribution in [1.29, 1.82) is 0 Å². The SMILES string of the molecule is CCOC1CC(Nc2cc(Cl)c(C)cc2Br)C1. The first kappa shape index (κ1) is 13.2. The highest BCUT2D eigenvalue weighted by Crippen LogP contribution is 2.33. The summed E-state index contributed by atoms with van der Waals surface area (Å²) in [7, 11) is 0. The maximum absolute atomic E-state index is 6.12. The fraction of sp³-hybridized carbons (Fsp3) is 0.538. The van der Waals surface area contributed by atoms with Crippen LogP contribution in [-0.4, -0.2) is 18.8 Å². The van der Waals surface area contributed by atoms with E-state index in [2.05, 4.69) is 21.2 Å². The van der Waals surface area contributed by atoms with E-state index in [4.69, 9.17) is 16.3 Å². The Labute approximate surface area is 116 Å². The molecule has 0 unspecified atom stereocenters. The molecule has 0 amide bonds. The van der Waals surface area contributed by atoms with Gasteiger partial charge in [-0.15, -0.1) is 0 Å². The summed E-state index contributed by atoms with van der Waals surface area (Å²) in [5.74, 6) is 0. The zero-order chi connectivity index (χ0) is 12.4. The second kappa shape index (κ2) is 5.59. The predicted molar refractivity (Wildman–Crippen MR) is 75.9 cm³/mol. The van der Waals surface area contributed by atoms with Crippen LogP contribution in [0.25, 0.3) is 0 Å². The van der Waals surface area contributed by atoms with Crippen LogP contribution in [0.1, 0.15) is 25.3 Å². The van der Waals surface area contributed by atoms with Crippen molar-refractivity contribution in [3.63, 3.8) is 0 Å². The van der Waals surface area contributed by atoms with Gasteiger partial charge in [0.05, 0.1) is 11.8 Å². The van der Waals surface area contributed by atoms with Crippen LogP contribution in [0.3, 0.4) is 0 Å². The molecule has 2 rings (SSSR count). The molecule has 0 spiro atoms. The fourth-order valence-electron chi connectivity index (χ4n) is 2.03. The Morgan fingerprint density at radius 3 is 2.82 bits per heavy atom. The monoisotopic (exact) mass is 317 g/mol. The minimum absolute atomic E-state index is 0.428. The summed E-state index contributed by atoms with van der Waals surface area (Å²) < 4.78 is 6.61. The van der Waals surface area contributed by atoms with E-state index in [1.54, 1.807) is 0 Å². The number of hydrogen-bond donors (Lipinski definition) is 1. The van der Waals surface area contributed by atoms with Crippen LogP contribution in [0.15, 0.2) is 16.6 Å². The van der Waals surface area contributed by atoms with Crippen molar-refractivity contribution < 1.29 is 4.74 Å². The maximum Gasteiger partial charge on any atom is 0.0614 e. The van der Waals surface area contributed by atoms with Gasteiger partial charge < -0.3 is 10.1 Å². The number of ether oxygens (including phenoxy) is 1. The Morgan fingerprint density at radius 1 is 1.47 bits per heavy atom. The standard InChI is InChI=1S/C13H17BrClNO/c1-3-17-10-5-9(6-10)16-13-7-12(15)8(2)4-11(13)14/h4,7,9-10,16H,3,5-6H2,1-2H3. The van der Waals surface area contributed by atoms with Crippen molar-refractivity contribution in [2.24, 2.45) is 0 Å². The molecule has 1 aliphatic carbocycles. The number of benzene rings is 1. The summed E-state index contributed by atoms with van der Waals surface area (Å²) in [5.41, 5.74) is 2.16. The van der Waals surface area contributed by atoms with Crippen molar-refractivity contribution in [2.75, 3.05) is 11.9 Å². The zero-order valence-electron chi connectivity index (χ0n) is 10.1. The van der Waals surface area contributed by atoms with E-state index in [0.717, 1.165) is 40.2 Å². The smallest absolute Gasteiger partial charge is 0.0614 e. The Morgan fingerprint density at radius 2 is 2.18 bits per heavy atom. The highest BCUT2D eigenvalue weighted by molar-refractivity contribution is 9.10. The molecular weight excluding hydrogens is 302 g/mol. The molecule has 0 saturated heterocycles. The average molecular weight is 319 g/mol. The highest BCUT2D eigenvalue weighted by Gasteiger charge is 2.29. The fourth-order valence-corrected chi connectivity index (χ4v) is 2.77. The van der Waals surface area contributed by atoms with E-state index in [-0.39, 0.29) is 0 Å². The summed E-state index contributed by atoms with van der Waals surface area (Å²) >= 11 is 9.68. The third-order valence-electron chi connectivity index (χ3n) is 3.11. The highest BCUT2D eigenvalue weighted by atomic mass is 79.9. The van der Waals surface area contributed by atoms with E-state index in [9.17, 15) is 0 Å². The van der Waals surface area contributed by atoms with E-state index in [1.165, 1.54) is 0 Å². The van der Waals surface area contributed by atoms with Crippen LogP contribution in [0.2, 0.25) is 5.02 Å². The molecule has 0 radical (unpaired) electrons. The summed E-state index contributed by atoms with van der Waals surface area (Å²) in [5, 5.41) is 4.29. The minimum Gasteiger partial charge on any atom is -0.381 e. The van der Waals surface area contributed by atoms with Gasteiger partial charge >= 0.3 is 0 Å². The van der Waals surface area contributed by atoms with Crippen LogP contribution in [-0.2, 0) is 4.74 Å². The van der Waals surface area contributed by atoms with Crippen LogP contribution in [0.5, 0.6) is 0 Å². The first-order valence-corrected chi connectivity index (χ1v) is 7.11. The van der Waals surface area contributed by atoms with Gasteiger partial charge in [-0.2, -0.15) is 0 Å². The van der Waals surface area contributed by atoms with Crippen LogP contribution in [0, 0.1) is 6.92 Å². The van der Waals surface area contributed by atoms with Crippen LogP contribution < -0.4 is 5.32 Å². The Balaban J connectivity index is 1.94. The Kier molecular flexibility index (Phi) is 4.34. The first-order chi connectivity index (χ1) is 8.10. The second-order valence-corrected chi connectivity index (χ2v) is 5.73. The average Bonchev–Trinajstić information content (AvgIpc) is 2.22. The molecule has 17 heavy (non-hydrogen) atoms. The van der Waals surface area contributed by atoms with E-state index in [1.807, 2.05) is 26.0 Å². The number of halogens is 2. The van der Waals surface area contributed by atoms with Gasteiger partial charge in [0.15, 0.2) is 0 Å². The summed E-state index contributed by atoms with van der Waals surface area (Å²) in [6.07, 6.45) is 2.58. The second-order valence-electron chi connectivity index (χ2n) is 4.47. The lowest BCUT2D eigenvalue weighted by Crippen LogP contribution is -2.40. The van der Waals surface area contributed by atoms with Gasteiger partial charge in [0.25, 0.3) is 0 Å². The van der Waals surface area contributed by atoms with Crippen LogP contribution in [0.4, 0.5) is 5.69 Å². The van der Waals surface area contributed by atoms with E-state index < -0.39 is 0 Å². The maximum atomic E-state index is 6.12. The van der Waals surface area contributed by atoms with E-state index in [0.29, 0.717) is 12.1 Å². The molecule has 0 heterocycles. The quantitative estimate of drug-likeness (QED) is 0.889. The summed E-state index contributed by atoms with van der Waals surface area (Å²) in [6.45, 7) is 4.85. The molecule has 1 aromatic rings. The van der Waals surface area contributed by atoms with Crippen LogP contribution >= 0.6 is 27.5 Å². The lowest BCUT2D eigenvalue weighted by atomic mass is 9.89. The number of nitrogens with one attached hydrogen (secondary N) is 1. The molecule has 0 bridgehead atoms. The van der Waals surface area contributed by atoms with Gasteiger partial charge in [0.2, 0.25) is 0 Å². The lowest BCUT2D eigenvalue weighted by Gasteiger charge is -2.36. The number of rotatable bonds is 4. The van der Waals surface area contributed by atoms with Gasteiger partial charge in [0, 0.05) is 22.1 Å². The Bertz CT molecular complexity index is 405. The van der Waals surface area contributed by atoms with E-state index >= 15 is 0 Å². The third-order valence-corrected chi connectivity index (χ3v) is 4.17. The summed E-state index contributed by atoms with van der Waals surface area (Å²) in [4.78, 5) is 0. The van der Waals surface area contributed by atoms with Gasteiger partial charge in [-0.1, -0.05) is 11.6 Å². The van der Waals surface area contributed by atoms with Crippen molar-refractivity contribution in [2.45, 2.75) is 38.8 Å². The molecule has 0 aromatic heterocycles. The normalized spacial score (nSPS) is 23.3. The van der Waals surface area contributed by atoms with Gasteiger partial charge in [-0.3, -0.25) is 0 Å². The predicted octanol–water partition coefficient (Wildman–Crippen LogP) is 4.39. The van der Waals surface area contributed by atoms with Crippen molar-refractivity contribution in [3.05, 3.63) is 27.2 Å². The largest absolute Gasteiger partial charge is 0.381 e. The molecule has 1 N–H and O–H groups in total. The number of hydrogen-bond acceptors (Lipinski definition) is 2. The topological polar surface area (TPSA) is 21.3 Å². The van der Waals surface area contributed by atoms with Gasteiger partial charge in [0.1, 0.15) is 0 Å². The molecule has 1 aromatic carbocycles. The molecule has 0 atom stereocenters. The number of aryl methyl sites for hydroxylation is 1. The summed E-state index contributed by atoms with van der Waals surface area (Å²) in [6, 6.07) is 4.53. The third kappa shape index (κ3) is 3.15. The minimum atomic E-state index is 0.428. The van der Waals surface area contributed by atoms with Gasteiger partial charge in [-0.05, 0) is 60.3 Å². The molecule has 1 fully saturated rings. The van der Waals surface area contributed by atoms with Crippen molar-refractivity contribution >= 4 is 33.2 Å². The van der Waals surface area contributed by atoms with Gasteiger partial charge in [-0.25, -0.2) is 0 Å². The molecule has 4 heteroatoms. The molecule has 1 aliphatic rings. The zero-order valence-corrected chi connectivity index (χ0v) is 12.4. The molecule has 1 saturated carbocycles. The number of anilines is 1. The molecular formula is C13H17BrClNO. The molecule has 0 aliphatic heterocycles.